The Balaban J connectivity index is 0.000000170. The second kappa shape index (κ2) is 14.7. The molecule has 5 aromatic rings. The molecular formula is C39H43BrN4O6S2. The van der Waals surface area contributed by atoms with Crippen molar-refractivity contribution >= 4 is 68.8 Å². The summed E-state index contributed by atoms with van der Waals surface area (Å²) in [4.78, 5) is 14.1. The largest absolute Gasteiger partial charge is 0.378 e. The van der Waals surface area contributed by atoms with Crippen molar-refractivity contribution in [1.82, 2.24) is 9.97 Å². The van der Waals surface area contributed by atoms with E-state index in [1.807, 2.05) is 30.3 Å². The molecule has 13 heteroatoms. The molecule has 1 saturated carbocycles. The molecule has 0 spiro atoms. The predicted molar refractivity (Wildman–Crippen MR) is 209 cm³/mol. The Labute approximate surface area is 314 Å². The summed E-state index contributed by atoms with van der Waals surface area (Å²) >= 11 is 3.46. The maximum Gasteiger partial charge on any atom is 0.179 e. The van der Waals surface area contributed by atoms with Gasteiger partial charge in [-0.3, -0.25) is 9.97 Å². The van der Waals surface area contributed by atoms with Crippen LogP contribution in [0.2, 0.25) is 0 Å². The molecule has 0 radical (unpaired) electrons. The van der Waals surface area contributed by atoms with E-state index in [2.05, 4.69) is 72.1 Å². The molecule has 2 aromatic heterocycles. The monoisotopic (exact) mass is 806 g/mol. The van der Waals surface area contributed by atoms with Crippen LogP contribution in [-0.2, 0) is 29.1 Å². The van der Waals surface area contributed by atoms with Gasteiger partial charge in [-0.05, 0) is 73.6 Å². The number of aromatic nitrogens is 2. The normalized spacial score (nSPS) is 19.4. The maximum absolute atomic E-state index is 12.7. The lowest BCUT2D eigenvalue weighted by molar-refractivity contribution is 0.122. The van der Waals surface area contributed by atoms with Crippen molar-refractivity contribution in [2.45, 2.75) is 41.9 Å². The highest BCUT2D eigenvalue weighted by Gasteiger charge is 2.39. The molecule has 0 bridgehead atoms. The van der Waals surface area contributed by atoms with Crippen LogP contribution in [0.1, 0.15) is 40.8 Å². The minimum absolute atomic E-state index is 0.319. The molecule has 3 aliphatic rings. The van der Waals surface area contributed by atoms with Crippen LogP contribution in [0, 0.1) is 13.8 Å². The van der Waals surface area contributed by atoms with E-state index in [-0.39, 0.29) is 0 Å². The highest BCUT2D eigenvalue weighted by molar-refractivity contribution is 9.10. The first-order chi connectivity index (χ1) is 24.8. The SMILES string of the molecule is Cc1nc2ccc(Br)cc2c(N2CCOCC2)c1S(C)(=O)=O.Cc1nc2ccc([C@@H]3C[C@H]3c3ccccc3)cc2c(N2CCOCC2)c1S(C)(=O)=O. The minimum Gasteiger partial charge on any atom is -0.378 e. The highest BCUT2D eigenvalue weighted by atomic mass is 79.9. The van der Waals surface area contributed by atoms with E-state index in [1.165, 1.54) is 23.6 Å². The Kier molecular flexibility index (Phi) is 10.4. The summed E-state index contributed by atoms with van der Waals surface area (Å²) in [6.45, 7) is 8.65. The second-order valence-corrected chi connectivity index (χ2v) is 18.6. The van der Waals surface area contributed by atoms with E-state index in [4.69, 9.17) is 9.47 Å². The number of halogens is 1. The van der Waals surface area contributed by atoms with E-state index in [0.29, 0.717) is 85.6 Å². The number of fused-ring (bicyclic) bond motifs is 2. The van der Waals surface area contributed by atoms with Crippen LogP contribution in [-0.4, -0.2) is 91.9 Å². The number of benzene rings is 3. The number of rotatable bonds is 6. The molecule has 3 aromatic carbocycles. The lowest BCUT2D eigenvalue weighted by Crippen LogP contribution is -2.37. The number of hydrogen-bond donors (Lipinski definition) is 0. The van der Waals surface area contributed by atoms with Gasteiger partial charge in [-0.25, -0.2) is 16.8 Å². The Morgan fingerprint density at radius 2 is 1.10 bits per heavy atom. The lowest BCUT2D eigenvalue weighted by atomic mass is 10.0. The number of hydrogen-bond acceptors (Lipinski definition) is 10. The zero-order chi connectivity index (χ0) is 36.8. The molecule has 0 amide bonds. The van der Waals surface area contributed by atoms with Crippen LogP contribution in [0.3, 0.4) is 0 Å². The molecule has 274 valence electrons. The smallest absolute Gasteiger partial charge is 0.179 e. The first kappa shape index (κ1) is 36.7. The zero-order valence-electron chi connectivity index (χ0n) is 29.8. The van der Waals surface area contributed by atoms with Gasteiger partial charge in [0.2, 0.25) is 0 Å². The highest BCUT2D eigenvalue weighted by Crippen LogP contribution is 2.55. The molecule has 4 heterocycles. The summed E-state index contributed by atoms with van der Waals surface area (Å²) in [6.07, 6.45) is 3.65. The second-order valence-electron chi connectivity index (χ2n) is 13.8. The average molecular weight is 808 g/mol. The van der Waals surface area contributed by atoms with E-state index in [9.17, 15) is 16.8 Å². The van der Waals surface area contributed by atoms with Gasteiger partial charge in [0.25, 0.3) is 0 Å². The molecule has 2 atom stereocenters. The van der Waals surface area contributed by atoms with Crippen molar-refractivity contribution in [3.05, 3.63) is 93.7 Å². The molecule has 8 rings (SSSR count). The van der Waals surface area contributed by atoms with Crippen molar-refractivity contribution in [1.29, 1.82) is 0 Å². The van der Waals surface area contributed by atoms with E-state index >= 15 is 0 Å². The first-order valence-corrected chi connectivity index (χ1v) is 22.0. The predicted octanol–water partition coefficient (Wildman–Crippen LogP) is 6.60. The summed E-state index contributed by atoms with van der Waals surface area (Å²) in [5.74, 6) is 1.00. The molecule has 3 fully saturated rings. The number of pyridine rings is 2. The minimum atomic E-state index is -3.42. The van der Waals surface area contributed by atoms with Crippen LogP contribution >= 0.6 is 15.9 Å². The van der Waals surface area contributed by atoms with Crippen LogP contribution < -0.4 is 9.80 Å². The van der Waals surface area contributed by atoms with Gasteiger partial charge in [0.05, 0.1) is 60.2 Å². The molecule has 52 heavy (non-hydrogen) atoms. The van der Waals surface area contributed by atoms with Gasteiger partial charge in [0.15, 0.2) is 19.7 Å². The van der Waals surface area contributed by atoms with Gasteiger partial charge >= 0.3 is 0 Å². The quantitative estimate of drug-likeness (QED) is 0.186. The summed E-state index contributed by atoms with van der Waals surface area (Å²) in [5.41, 5.74) is 6.92. The van der Waals surface area contributed by atoms with E-state index < -0.39 is 19.7 Å². The maximum atomic E-state index is 12.7. The number of nitrogens with zero attached hydrogens (tertiary/aromatic N) is 4. The molecule has 2 aliphatic heterocycles. The van der Waals surface area contributed by atoms with Crippen molar-refractivity contribution in [3.63, 3.8) is 0 Å². The fourth-order valence-electron chi connectivity index (χ4n) is 7.64. The third-order valence-corrected chi connectivity index (χ3v) is 12.9. The Morgan fingerprint density at radius 1 is 0.635 bits per heavy atom. The summed E-state index contributed by atoms with van der Waals surface area (Å²) in [5, 5.41) is 1.78. The van der Waals surface area contributed by atoms with Gasteiger partial charge in [-0.1, -0.05) is 52.3 Å². The zero-order valence-corrected chi connectivity index (χ0v) is 33.0. The summed E-state index contributed by atoms with van der Waals surface area (Å²) in [6, 6.07) is 22.7. The van der Waals surface area contributed by atoms with Crippen molar-refractivity contribution in [3.8, 4) is 0 Å². The van der Waals surface area contributed by atoms with Gasteiger partial charge in [0, 0.05) is 53.9 Å². The van der Waals surface area contributed by atoms with Crippen LogP contribution in [0.4, 0.5) is 11.4 Å². The molecule has 2 saturated heterocycles. The van der Waals surface area contributed by atoms with Crippen molar-refractivity contribution in [2.75, 3.05) is 74.9 Å². The standard InChI is InChI=1S/C24H26N2O3S.C15H17BrN2O3S/c1-16-24(30(2,27)28)23(26-10-12-29-13-11-26)21-14-18(8-9-22(21)25-16)20-15-19(20)17-6-4-3-5-7-17;1-10-15(22(2,19)20)14(18-5-7-21-8-6-18)12-9-11(16)3-4-13(12)17-10/h3-9,14,19-20H,10-13,15H2,1-2H3;3-4,9H,5-8H2,1-2H3/t19-,20-;/m0./s1. The van der Waals surface area contributed by atoms with Crippen molar-refractivity contribution < 1.29 is 26.3 Å². The van der Waals surface area contributed by atoms with Crippen molar-refractivity contribution in [2.24, 2.45) is 0 Å². The van der Waals surface area contributed by atoms with Crippen LogP contribution in [0.15, 0.2) is 81.0 Å². The first-order valence-electron chi connectivity index (χ1n) is 17.5. The van der Waals surface area contributed by atoms with Crippen LogP contribution in [0.25, 0.3) is 21.8 Å². The van der Waals surface area contributed by atoms with E-state index in [1.54, 1.807) is 13.8 Å². The Bertz CT molecular complexity index is 2360. The van der Waals surface area contributed by atoms with Gasteiger partial charge < -0.3 is 19.3 Å². The average Bonchev–Trinajstić information content (AvgIpc) is 3.92. The number of anilines is 2. The van der Waals surface area contributed by atoms with Gasteiger partial charge in [-0.2, -0.15) is 0 Å². The third-order valence-electron chi connectivity index (χ3n) is 10.00. The molecule has 0 N–H and O–H groups in total. The summed E-state index contributed by atoms with van der Waals surface area (Å²) in [7, 11) is -6.80. The number of morpholine rings is 2. The molecule has 0 unspecified atom stereocenters. The van der Waals surface area contributed by atoms with Gasteiger partial charge in [0.1, 0.15) is 9.79 Å². The topological polar surface area (TPSA) is 119 Å². The van der Waals surface area contributed by atoms with Gasteiger partial charge in [-0.15, -0.1) is 0 Å². The lowest BCUT2D eigenvalue weighted by Gasteiger charge is -2.31. The number of aryl methyl sites for hydroxylation is 2. The fourth-order valence-corrected chi connectivity index (χ4v) is 10.3. The Morgan fingerprint density at radius 3 is 1.60 bits per heavy atom. The molecule has 1 aliphatic carbocycles. The Hall–Kier alpha value is -3.62. The molecule has 10 nitrogen and oxygen atoms in total. The fraction of sp³-hybridized carbons (Fsp3) is 0.385. The third kappa shape index (κ3) is 7.56. The summed E-state index contributed by atoms with van der Waals surface area (Å²) < 4.78 is 62.0. The van der Waals surface area contributed by atoms with Crippen LogP contribution in [0.5, 0.6) is 0 Å². The van der Waals surface area contributed by atoms with E-state index in [0.717, 1.165) is 44.1 Å². The molecular weight excluding hydrogens is 764 g/mol. The number of sulfone groups is 2. The number of ether oxygens (including phenoxy) is 2.